The van der Waals surface area contributed by atoms with E-state index in [0.29, 0.717) is 23.9 Å². The van der Waals surface area contributed by atoms with E-state index in [2.05, 4.69) is 62.5 Å². The molecule has 0 fully saturated rings. The number of carbonyl (C=O) groups excluding carboxylic acids is 2. The molecule has 0 aliphatic carbocycles. The van der Waals surface area contributed by atoms with Crippen molar-refractivity contribution in [2.75, 3.05) is 40.9 Å². The molecule has 0 aliphatic rings. The molecule has 1 N–H and O–H groups in total. The van der Waals surface area contributed by atoms with Gasteiger partial charge in [0.25, 0.3) is 7.82 Å². The highest BCUT2D eigenvalue weighted by Gasteiger charge is 2.27. The Morgan fingerprint density at radius 1 is 0.522 bits per heavy atom. The Morgan fingerprint density at radius 3 is 1.39 bits per heavy atom. The highest BCUT2D eigenvalue weighted by molar-refractivity contribution is 7.45. The number of phosphoric acid groups is 1. The quantitative estimate of drug-likeness (QED) is 0.0212. The van der Waals surface area contributed by atoms with Gasteiger partial charge in [0.15, 0.2) is 0 Å². The molecule has 0 aromatic carbocycles. The van der Waals surface area contributed by atoms with E-state index < -0.39 is 26.6 Å². The van der Waals surface area contributed by atoms with Gasteiger partial charge < -0.3 is 28.5 Å². The van der Waals surface area contributed by atoms with Gasteiger partial charge in [-0.2, -0.15) is 0 Å². The summed E-state index contributed by atoms with van der Waals surface area (Å²) in [4.78, 5) is 39.8. The summed E-state index contributed by atoms with van der Waals surface area (Å²) in [6.45, 7) is 6.72. The Morgan fingerprint density at radius 2 is 0.928 bits per heavy atom. The zero-order chi connectivity index (χ0) is 50.8. The van der Waals surface area contributed by atoms with Gasteiger partial charge in [-0.05, 0) is 63.9 Å². The third-order valence-corrected chi connectivity index (χ3v) is 13.7. The third kappa shape index (κ3) is 50.7. The summed E-state index contributed by atoms with van der Waals surface area (Å²) in [5.74, 6) is -0.560. The molecule has 0 aromatic heterocycles. The van der Waals surface area contributed by atoms with Crippen molar-refractivity contribution in [3.05, 3.63) is 48.6 Å². The fraction of sp³-hybridized carbons (Fsp3) is 0.831. The largest absolute Gasteiger partial charge is 0.756 e. The maximum Gasteiger partial charge on any atom is 0.306 e. The van der Waals surface area contributed by atoms with Crippen LogP contribution in [-0.4, -0.2) is 69.4 Å². The zero-order valence-corrected chi connectivity index (χ0v) is 46.9. The van der Waals surface area contributed by atoms with Crippen LogP contribution >= 0.6 is 7.82 Å². The predicted octanol–water partition coefficient (Wildman–Crippen LogP) is 16.7. The number of rotatable bonds is 52. The molecule has 0 rings (SSSR count). The fourth-order valence-corrected chi connectivity index (χ4v) is 9.02. The van der Waals surface area contributed by atoms with Crippen molar-refractivity contribution in [1.29, 1.82) is 0 Å². The van der Waals surface area contributed by atoms with Crippen molar-refractivity contribution in [2.45, 2.75) is 277 Å². The summed E-state index contributed by atoms with van der Waals surface area (Å²) in [5.41, 5.74) is 0. The Labute approximate surface area is 427 Å². The summed E-state index contributed by atoms with van der Waals surface area (Å²) >= 11 is 0. The second-order valence-corrected chi connectivity index (χ2v) is 22.2. The first-order valence-corrected chi connectivity index (χ1v) is 30.4. The Balaban J connectivity index is 5.34. The minimum atomic E-state index is -4.70. The molecule has 3 atom stereocenters. The van der Waals surface area contributed by atoms with Crippen LogP contribution in [0.15, 0.2) is 48.6 Å². The Kier molecular flexibility index (Phi) is 48.1. The number of nitrogens with zero attached hydrogens (tertiary/aromatic N) is 1. The Bertz CT molecular complexity index is 1330. The van der Waals surface area contributed by atoms with E-state index in [9.17, 15) is 19.0 Å². The molecule has 9 nitrogen and oxygen atoms in total. The van der Waals surface area contributed by atoms with Gasteiger partial charge in [0.1, 0.15) is 19.3 Å². The average Bonchev–Trinajstić information content (AvgIpc) is 3.31. The first-order chi connectivity index (χ1) is 33.4. The summed E-state index contributed by atoms with van der Waals surface area (Å²) in [7, 11) is 1.17. The molecule has 0 heterocycles. The molecule has 0 radical (unpaired) electrons. The average molecular weight is 992 g/mol. The number of quaternary nitrogens is 1. The number of esters is 1. The fourth-order valence-electron chi connectivity index (χ4n) is 8.30. The van der Waals surface area contributed by atoms with Crippen LogP contribution in [0.4, 0.5) is 0 Å². The van der Waals surface area contributed by atoms with Crippen LogP contribution in [0.2, 0.25) is 0 Å². The van der Waals surface area contributed by atoms with E-state index in [0.717, 1.165) is 83.5 Å². The number of likely N-dealkylation sites (N-methyl/N-ethyl adjacent to an activating group) is 1. The van der Waals surface area contributed by atoms with Crippen LogP contribution in [0.1, 0.15) is 265 Å². The van der Waals surface area contributed by atoms with Gasteiger partial charge in [0.05, 0.1) is 33.8 Å². The number of carbonyl (C=O) groups is 2. The normalized spacial score (nSPS) is 14.1. The number of nitrogens with one attached hydrogen (secondary N) is 1. The van der Waals surface area contributed by atoms with Crippen LogP contribution in [0.3, 0.4) is 0 Å². The van der Waals surface area contributed by atoms with Crippen molar-refractivity contribution in [1.82, 2.24) is 5.32 Å². The molecule has 0 spiro atoms. The van der Waals surface area contributed by atoms with Gasteiger partial charge in [-0.1, -0.05) is 237 Å². The lowest BCUT2D eigenvalue weighted by atomic mass is 10.0. The number of amides is 1. The van der Waals surface area contributed by atoms with E-state index >= 15 is 0 Å². The number of allylic oxidation sites excluding steroid dienone is 7. The topological polar surface area (TPSA) is 114 Å². The van der Waals surface area contributed by atoms with Crippen LogP contribution in [-0.2, 0) is 27.9 Å². The van der Waals surface area contributed by atoms with Crippen molar-refractivity contribution in [3.8, 4) is 0 Å². The molecule has 0 saturated heterocycles. The monoisotopic (exact) mass is 991 g/mol. The van der Waals surface area contributed by atoms with E-state index in [4.69, 9.17) is 13.8 Å². The summed E-state index contributed by atoms with van der Waals surface area (Å²) in [6, 6.07) is -0.896. The van der Waals surface area contributed by atoms with Crippen molar-refractivity contribution >= 4 is 19.7 Å². The SMILES string of the molecule is CC/C=C/C/C=C/C/C=C/CCCCCCC(=O)NC(COP(=O)([O-])OCC[N+](C)(C)C)C(/C=C/CCCCCCCCCCCC)OC(=O)CCCCCCCCCCCCCCCCCCC. The highest BCUT2D eigenvalue weighted by Crippen LogP contribution is 2.38. The number of hydrogen-bond acceptors (Lipinski definition) is 7. The van der Waals surface area contributed by atoms with Gasteiger partial charge in [-0.25, -0.2) is 0 Å². The zero-order valence-electron chi connectivity index (χ0n) is 46.0. The van der Waals surface area contributed by atoms with Crippen molar-refractivity contribution in [3.63, 3.8) is 0 Å². The van der Waals surface area contributed by atoms with E-state index in [1.54, 1.807) is 0 Å². The van der Waals surface area contributed by atoms with Crippen molar-refractivity contribution in [2.24, 2.45) is 0 Å². The molecular formula is C59H111N2O7P. The van der Waals surface area contributed by atoms with E-state index in [1.807, 2.05) is 33.3 Å². The molecule has 0 aromatic rings. The first-order valence-electron chi connectivity index (χ1n) is 28.9. The smallest absolute Gasteiger partial charge is 0.306 e. The lowest BCUT2D eigenvalue weighted by molar-refractivity contribution is -0.870. The summed E-state index contributed by atoms with van der Waals surface area (Å²) in [6.07, 6.45) is 59.3. The molecule has 3 unspecified atom stereocenters. The standard InChI is InChI=1S/C59H111N2O7P/c1-7-10-13-16-19-22-25-28-30-31-32-34-37-40-43-46-49-52-59(63)68-57(50-47-44-41-38-35-27-24-21-18-15-12-9-3)56(55-67-69(64,65)66-54-53-61(4,5)6)60-58(62)51-48-45-42-39-36-33-29-26-23-20-17-14-11-8-2/h11,14,20,23,29,33,47,50,56-57H,7-10,12-13,15-19,21-22,24-28,30-32,34-46,48-49,51-55H2,1-6H3,(H-,60,62,64,65)/b14-11+,23-20+,33-29+,50-47+. The molecule has 69 heavy (non-hydrogen) atoms. The van der Waals surface area contributed by atoms with Crippen LogP contribution < -0.4 is 10.2 Å². The lowest BCUT2D eigenvalue weighted by Crippen LogP contribution is -2.47. The van der Waals surface area contributed by atoms with E-state index in [1.165, 1.54) is 141 Å². The third-order valence-electron chi connectivity index (χ3n) is 12.8. The predicted molar refractivity (Wildman–Crippen MR) is 293 cm³/mol. The molecular weight excluding hydrogens is 880 g/mol. The lowest BCUT2D eigenvalue weighted by Gasteiger charge is -2.30. The second kappa shape index (κ2) is 49.5. The maximum atomic E-state index is 13.5. The maximum absolute atomic E-state index is 13.5. The van der Waals surface area contributed by atoms with Crippen LogP contribution in [0, 0.1) is 0 Å². The van der Waals surface area contributed by atoms with Gasteiger partial charge >= 0.3 is 5.97 Å². The molecule has 10 heteroatoms. The molecule has 0 aliphatic heterocycles. The number of unbranched alkanes of at least 4 members (excludes halogenated alkanes) is 30. The van der Waals surface area contributed by atoms with Gasteiger partial charge in [-0.3, -0.25) is 14.2 Å². The minimum absolute atomic E-state index is 0.0262. The first kappa shape index (κ1) is 67.0. The number of ether oxygens (including phenoxy) is 1. The van der Waals surface area contributed by atoms with E-state index in [-0.39, 0.29) is 24.9 Å². The highest BCUT2D eigenvalue weighted by atomic mass is 31.2. The van der Waals surface area contributed by atoms with Gasteiger partial charge in [0, 0.05) is 12.8 Å². The van der Waals surface area contributed by atoms with Crippen LogP contribution in [0.25, 0.3) is 0 Å². The number of hydrogen-bond donors (Lipinski definition) is 1. The summed E-state index contributed by atoms with van der Waals surface area (Å²) in [5, 5.41) is 3.01. The van der Waals surface area contributed by atoms with Gasteiger partial charge in [-0.15, -0.1) is 0 Å². The van der Waals surface area contributed by atoms with Gasteiger partial charge in [0.2, 0.25) is 5.91 Å². The molecule has 0 bridgehead atoms. The summed E-state index contributed by atoms with van der Waals surface area (Å²) < 4.78 is 30.2. The molecule has 404 valence electrons. The second-order valence-electron chi connectivity index (χ2n) is 20.8. The molecule has 1 amide bonds. The minimum Gasteiger partial charge on any atom is -0.756 e. The van der Waals surface area contributed by atoms with Crippen molar-refractivity contribution < 1.29 is 37.3 Å². The Hall–Kier alpha value is -2.03. The number of phosphoric ester groups is 1. The van der Waals surface area contributed by atoms with Crippen LogP contribution in [0.5, 0.6) is 0 Å². The molecule has 0 saturated carbocycles.